The second-order valence-corrected chi connectivity index (χ2v) is 9.54. The predicted molar refractivity (Wildman–Crippen MR) is 98.0 cm³/mol. The third-order valence-electron chi connectivity index (χ3n) is 6.93. The van der Waals surface area contributed by atoms with Gasteiger partial charge in [0.05, 0.1) is 37.7 Å². The summed E-state index contributed by atoms with van der Waals surface area (Å²) in [6.07, 6.45) is 3.77. The Morgan fingerprint density at radius 2 is 1.93 bits per heavy atom. The highest BCUT2D eigenvalue weighted by atomic mass is 16.5. The van der Waals surface area contributed by atoms with Gasteiger partial charge in [-0.3, -0.25) is 14.5 Å². The number of ether oxygens (including phenoxy) is 2. The number of rotatable bonds is 2. The highest BCUT2D eigenvalue weighted by Crippen LogP contribution is 2.53. The van der Waals surface area contributed by atoms with Crippen LogP contribution in [0.15, 0.2) is 12.2 Å². The molecule has 4 saturated heterocycles. The molecule has 0 unspecified atom stereocenters. The average Bonchev–Trinajstić information content (AvgIpc) is 3.22. The van der Waals surface area contributed by atoms with Crippen molar-refractivity contribution >= 4 is 11.8 Å². The van der Waals surface area contributed by atoms with Gasteiger partial charge < -0.3 is 19.3 Å². The van der Waals surface area contributed by atoms with Crippen LogP contribution in [0.4, 0.5) is 0 Å². The molecule has 2 amide bonds. The molecular weight excluding hydrogens is 346 g/mol. The van der Waals surface area contributed by atoms with E-state index in [9.17, 15) is 9.59 Å². The van der Waals surface area contributed by atoms with Crippen molar-refractivity contribution in [1.82, 2.24) is 14.7 Å². The fourth-order valence-electron chi connectivity index (χ4n) is 5.37. The van der Waals surface area contributed by atoms with Gasteiger partial charge in [0.2, 0.25) is 11.8 Å². The number of nitrogens with zero attached hydrogens (tertiary/aromatic N) is 3. The molecule has 7 nitrogen and oxygen atoms in total. The molecule has 0 aromatic carbocycles. The summed E-state index contributed by atoms with van der Waals surface area (Å²) >= 11 is 0. The van der Waals surface area contributed by atoms with E-state index in [1.54, 1.807) is 0 Å². The number of fused-ring (bicyclic) bond motifs is 1. The van der Waals surface area contributed by atoms with Crippen LogP contribution in [0.3, 0.4) is 0 Å². The average molecular weight is 375 g/mol. The fraction of sp³-hybridized carbons (Fsp3) is 0.800. The van der Waals surface area contributed by atoms with Gasteiger partial charge in [-0.25, -0.2) is 0 Å². The van der Waals surface area contributed by atoms with Gasteiger partial charge in [0.1, 0.15) is 5.60 Å². The van der Waals surface area contributed by atoms with Gasteiger partial charge in [0.15, 0.2) is 0 Å². The van der Waals surface area contributed by atoms with Crippen LogP contribution in [0.5, 0.6) is 0 Å². The summed E-state index contributed by atoms with van der Waals surface area (Å²) in [7, 11) is 0. The Bertz CT molecular complexity index is 690. The molecule has 0 N–H and O–H groups in total. The van der Waals surface area contributed by atoms with Gasteiger partial charge >= 0.3 is 0 Å². The van der Waals surface area contributed by atoms with Crippen molar-refractivity contribution in [2.45, 2.75) is 44.1 Å². The third kappa shape index (κ3) is 2.51. The van der Waals surface area contributed by atoms with Gasteiger partial charge in [-0.15, -0.1) is 0 Å². The Labute approximate surface area is 160 Å². The summed E-state index contributed by atoms with van der Waals surface area (Å²) < 4.78 is 11.6. The highest BCUT2D eigenvalue weighted by Gasteiger charge is 2.68. The molecule has 5 aliphatic heterocycles. The Balaban J connectivity index is 1.31. The molecule has 27 heavy (non-hydrogen) atoms. The second kappa shape index (κ2) is 5.78. The minimum atomic E-state index is -0.607. The van der Waals surface area contributed by atoms with Crippen LogP contribution in [-0.4, -0.2) is 95.7 Å². The van der Waals surface area contributed by atoms with Crippen LogP contribution in [0.2, 0.25) is 0 Å². The van der Waals surface area contributed by atoms with Crippen molar-refractivity contribution in [3.63, 3.8) is 0 Å². The molecule has 4 fully saturated rings. The number of carbonyl (C=O) groups is 2. The predicted octanol–water partition coefficient (Wildman–Crippen LogP) is 0.110. The molecular formula is C20H29N3O4. The van der Waals surface area contributed by atoms with Crippen LogP contribution in [0.25, 0.3) is 0 Å². The van der Waals surface area contributed by atoms with E-state index in [1.807, 2.05) is 42.7 Å². The van der Waals surface area contributed by atoms with Crippen molar-refractivity contribution in [3.05, 3.63) is 12.2 Å². The van der Waals surface area contributed by atoms with Crippen LogP contribution in [0.1, 0.15) is 20.8 Å². The zero-order valence-electron chi connectivity index (χ0n) is 16.4. The molecule has 4 atom stereocenters. The lowest BCUT2D eigenvalue weighted by atomic mass is 9.76. The lowest BCUT2D eigenvalue weighted by Gasteiger charge is -2.47. The maximum absolute atomic E-state index is 13.3. The first-order chi connectivity index (χ1) is 12.8. The fourth-order valence-corrected chi connectivity index (χ4v) is 5.37. The second-order valence-electron chi connectivity index (χ2n) is 9.54. The van der Waals surface area contributed by atoms with Gasteiger partial charge in [0.25, 0.3) is 0 Å². The first-order valence-electron chi connectivity index (χ1n) is 10.1. The van der Waals surface area contributed by atoms with Crippen LogP contribution in [-0.2, 0) is 19.1 Å². The molecule has 0 aliphatic carbocycles. The maximum atomic E-state index is 13.3. The van der Waals surface area contributed by atoms with Crippen LogP contribution >= 0.6 is 0 Å². The first kappa shape index (κ1) is 17.6. The number of likely N-dealkylation sites (tertiary alicyclic amines) is 2. The minimum Gasteiger partial charge on any atom is -0.379 e. The Morgan fingerprint density at radius 3 is 2.59 bits per heavy atom. The van der Waals surface area contributed by atoms with Crippen molar-refractivity contribution < 1.29 is 19.1 Å². The van der Waals surface area contributed by atoms with E-state index in [2.05, 4.69) is 4.90 Å². The van der Waals surface area contributed by atoms with Gasteiger partial charge in [-0.05, 0) is 20.8 Å². The van der Waals surface area contributed by atoms with E-state index in [4.69, 9.17) is 9.47 Å². The van der Waals surface area contributed by atoms with Crippen molar-refractivity contribution in [3.8, 4) is 0 Å². The van der Waals surface area contributed by atoms with E-state index in [1.165, 1.54) is 0 Å². The zero-order chi connectivity index (χ0) is 19.0. The van der Waals surface area contributed by atoms with Gasteiger partial charge in [0, 0.05) is 37.8 Å². The van der Waals surface area contributed by atoms with E-state index in [0.717, 1.165) is 39.4 Å². The van der Waals surface area contributed by atoms with Crippen molar-refractivity contribution in [1.29, 1.82) is 0 Å². The molecule has 5 rings (SSSR count). The number of hydrogen-bond donors (Lipinski definition) is 0. The normalized spacial score (nSPS) is 39.2. The molecule has 5 heterocycles. The minimum absolute atomic E-state index is 0.0675. The number of morpholine rings is 1. The molecule has 0 radical (unpaired) electrons. The lowest BCUT2D eigenvalue weighted by Crippen LogP contribution is -2.64. The first-order valence-corrected chi connectivity index (χ1v) is 10.1. The zero-order valence-corrected chi connectivity index (χ0v) is 16.4. The van der Waals surface area contributed by atoms with E-state index in [-0.39, 0.29) is 35.3 Å². The Kier molecular flexibility index (Phi) is 3.78. The topological polar surface area (TPSA) is 62.3 Å². The van der Waals surface area contributed by atoms with Crippen LogP contribution in [0, 0.1) is 11.8 Å². The summed E-state index contributed by atoms with van der Waals surface area (Å²) in [5.41, 5.74) is -0.874. The summed E-state index contributed by atoms with van der Waals surface area (Å²) in [6, 6.07) is 0.423. The number of hydrogen-bond acceptors (Lipinski definition) is 5. The maximum Gasteiger partial charge on any atom is 0.230 e. The quantitative estimate of drug-likeness (QED) is 0.641. The number of amides is 2. The lowest BCUT2D eigenvalue weighted by molar-refractivity contribution is -0.151. The van der Waals surface area contributed by atoms with E-state index in [0.29, 0.717) is 12.6 Å². The highest BCUT2D eigenvalue weighted by molar-refractivity contribution is 5.93. The van der Waals surface area contributed by atoms with E-state index >= 15 is 0 Å². The standard InChI is InChI=1S/C20H29N3O4/c1-19(2,3)23-12-20-5-4-14(27-20)15(16(20)18(23)25)17(24)22-10-13(11-22)21-6-8-26-9-7-21/h4-5,13-16H,6-12H2,1-3H3/t14-,15+,16+,20-/m0/s1. The molecule has 7 heteroatoms. The molecule has 2 bridgehead atoms. The van der Waals surface area contributed by atoms with Gasteiger partial charge in [-0.2, -0.15) is 0 Å². The molecule has 148 valence electrons. The summed E-state index contributed by atoms with van der Waals surface area (Å²) in [6.45, 7) is 11.6. The summed E-state index contributed by atoms with van der Waals surface area (Å²) in [5.74, 6) is -0.593. The van der Waals surface area contributed by atoms with E-state index < -0.39 is 5.60 Å². The Morgan fingerprint density at radius 1 is 1.22 bits per heavy atom. The van der Waals surface area contributed by atoms with Gasteiger partial charge in [-0.1, -0.05) is 12.2 Å². The summed E-state index contributed by atoms with van der Waals surface area (Å²) in [5, 5.41) is 0. The van der Waals surface area contributed by atoms with Crippen LogP contribution < -0.4 is 0 Å². The molecule has 0 aromatic rings. The molecule has 0 saturated carbocycles. The monoisotopic (exact) mass is 375 g/mol. The largest absolute Gasteiger partial charge is 0.379 e. The number of carbonyl (C=O) groups excluding carboxylic acids is 2. The molecule has 1 spiro atoms. The Hall–Kier alpha value is -1.44. The molecule has 0 aromatic heterocycles. The SMILES string of the molecule is CC(C)(C)N1C[C@]23C=C[C@H](O2)[C@@H](C(=O)N2CC(N4CCOCC4)C2)[C@@H]3C1=O. The summed E-state index contributed by atoms with van der Waals surface area (Å²) in [4.78, 5) is 32.7. The van der Waals surface area contributed by atoms with Crippen molar-refractivity contribution in [2.24, 2.45) is 11.8 Å². The smallest absolute Gasteiger partial charge is 0.230 e. The third-order valence-corrected chi connectivity index (χ3v) is 6.93. The molecule has 5 aliphatic rings. The van der Waals surface area contributed by atoms with Crippen molar-refractivity contribution in [2.75, 3.05) is 45.9 Å².